The topological polar surface area (TPSA) is 52.6 Å². The zero-order chi connectivity index (χ0) is 13.9. The van der Waals surface area contributed by atoms with E-state index in [1.54, 1.807) is 12.1 Å². The summed E-state index contributed by atoms with van der Waals surface area (Å²) in [6, 6.07) is 8.67. The highest BCUT2D eigenvalue weighted by molar-refractivity contribution is 5.87. The molecule has 4 nitrogen and oxygen atoms in total. The summed E-state index contributed by atoms with van der Waals surface area (Å²) in [6.45, 7) is 3.20. The van der Waals surface area contributed by atoms with E-state index >= 15 is 0 Å². The Hall–Kier alpha value is -1.39. The molecule has 2 N–H and O–H groups in total. The number of hydrogen-bond acceptors (Lipinski definition) is 3. The van der Waals surface area contributed by atoms with Crippen molar-refractivity contribution in [3.8, 4) is 0 Å². The maximum Gasteiger partial charge on any atom is 0.335 e. The molecule has 0 aromatic heterocycles. The first kappa shape index (κ1) is 13.6. The van der Waals surface area contributed by atoms with Gasteiger partial charge in [-0.1, -0.05) is 12.1 Å². The van der Waals surface area contributed by atoms with Crippen molar-refractivity contribution in [2.75, 3.05) is 13.1 Å². The van der Waals surface area contributed by atoms with Crippen LogP contribution in [0.5, 0.6) is 0 Å². The van der Waals surface area contributed by atoms with Gasteiger partial charge in [0.2, 0.25) is 0 Å². The fourth-order valence-corrected chi connectivity index (χ4v) is 2.97. The molecule has 1 aromatic carbocycles. The second kappa shape index (κ2) is 5.94. The van der Waals surface area contributed by atoms with Gasteiger partial charge in [-0.05, 0) is 49.9 Å². The number of carboxylic acid groups (broad SMARTS) is 1. The summed E-state index contributed by atoms with van der Waals surface area (Å²) in [4.78, 5) is 13.4. The van der Waals surface area contributed by atoms with Crippen molar-refractivity contribution in [3.63, 3.8) is 0 Å². The number of rotatable bonds is 6. The summed E-state index contributed by atoms with van der Waals surface area (Å²) < 4.78 is 0. The van der Waals surface area contributed by atoms with E-state index in [0.717, 1.165) is 25.7 Å². The molecule has 2 aliphatic rings. The lowest BCUT2D eigenvalue weighted by Crippen LogP contribution is -2.38. The van der Waals surface area contributed by atoms with E-state index < -0.39 is 5.97 Å². The van der Waals surface area contributed by atoms with Crippen LogP contribution in [-0.4, -0.2) is 41.1 Å². The predicted octanol–water partition coefficient (Wildman–Crippen LogP) is 2.10. The average molecular weight is 274 g/mol. The molecule has 1 atom stereocenters. The highest BCUT2D eigenvalue weighted by Gasteiger charge is 2.31. The van der Waals surface area contributed by atoms with Gasteiger partial charge >= 0.3 is 5.97 Å². The van der Waals surface area contributed by atoms with Gasteiger partial charge in [-0.25, -0.2) is 4.79 Å². The quantitative estimate of drug-likeness (QED) is 0.834. The Morgan fingerprint density at radius 3 is 2.55 bits per heavy atom. The van der Waals surface area contributed by atoms with Crippen molar-refractivity contribution < 1.29 is 9.90 Å². The van der Waals surface area contributed by atoms with Crippen LogP contribution in [0.2, 0.25) is 0 Å². The Balaban J connectivity index is 1.61. The summed E-state index contributed by atoms with van der Waals surface area (Å²) in [5.41, 5.74) is 1.57. The van der Waals surface area contributed by atoms with Crippen molar-refractivity contribution in [2.45, 2.75) is 44.3 Å². The highest BCUT2D eigenvalue weighted by atomic mass is 16.4. The fraction of sp³-hybridized carbons (Fsp3) is 0.562. The number of aromatic carboxylic acids is 1. The lowest BCUT2D eigenvalue weighted by atomic mass is 10.1. The van der Waals surface area contributed by atoms with E-state index in [1.165, 1.54) is 31.2 Å². The van der Waals surface area contributed by atoms with Gasteiger partial charge in [-0.15, -0.1) is 0 Å². The highest BCUT2D eigenvalue weighted by Crippen LogP contribution is 2.29. The van der Waals surface area contributed by atoms with Crippen LogP contribution in [0.25, 0.3) is 0 Å². The molecule has 0 spiro atoms. The van der Waals surface area contributed by atoms with Crippen molar-refractivity contribution in [2.24, 2.45) is 0 Å². The molecule has 0 radical (unpaired) electrons. The molecule has 1 saturated heterocycles. The van der Waals surface area contributed by atoms with E-state index in [9.17, 15) is 4.79 Å². The van der Waals surface area contributed by atoms with Gasteiger partial charge in [-0.3, -0.25) is 4.90 Å². The summed E-state index contributed by atoms with van der Waals surface area (Å²) >= 11 is 0. The number of hydrogen-bond donors (Lipinski definition) is 2. The first-order chi connectivity index (χ1) is 9.72. The van der Waals surface area contributed by atoms with Crippen LogP contribution in [-0.2, 0) is 6.54 Å². The van der Waals surface area contributed by atoms with Gasteiger partial charge in [-0.2, -0.15) is 0 Å². The second-order valence-corrected chi connectivity index (χ2v) is 5.96. The zero-order valence-corrected chi connectivity index (χ0v) is 11.7. The molecule has 1 aromatic rings. The van der Waals surface area contributed by atoms with Gasteiger partial charge < -0.3 is 10.4 Å². The summed E-state index contributed by atoms with van der Waals surface area (Å²) in [7, 11) is 0. The number of carboxylic acids is 1. The second-order valence-electron chi connectivity index (χ2n) is 5.96. The maximum atomic E-state index is 10.9. The minimum absolute atomic E-state index is 0.365. The third-order valence-electron chi connectivity index (χ3n) is 4.27. The predicted molar refractivity (Wildman–Crippen MR) is 77.9 cm³/mol. The van der Waals surface area contributed by atoms with Gasteiger partial charge in [0.1, 0.15) is 0 Å². The first-order valence-electron chi connectivity index (χ1n) is 7.52. The van der Waals surface area contributed by atoms with Gasteiger partial charge in [0.05, 0.1) is 5.56 Å². The molecular weight excluding hydrogens is 252 g/mol. The number of nitrogens with zero attached hydrogens (tertiary/aromatic N) is 1. The van der Waals surface area contributed by atoms with Crippen molar-refractivity contribution in [1.29, 1.82) is 0 Å². The van der Waals surface area contributed by atoms with Crippen LogP contribution in [0.15, 0.2) is 24.3 Å². The lowest BCUT2D eigenvalue weighted by molar-refractivity contribution is 0.0697. The smallest absolute Gasteiger partial charge is 0.335 e. The third-order valence-corrected chi connectivity index (χ3v) is 4.27. The largest absolute Gasteiger partial charge is 0.478 e. The van der Waals surface area contributed by atoms with E-state index in [2.05, 4.69) is 10.2 Å². The normalized spacial score (nSPS) is 22.4. The van der Waals surface area contributed by atoms with Crippen LogP contribution >= 0.6 is 0 Å². The molecule has 1 heterocycles. The molecule has 1 unspecified atom stereocenters. The van der Waals surface area contributed by atoms with Crippen LogP contribution in [0.4, 0.5) is 0 Å². The van der Waals surface area contributed by atoms with Crippen LogP contribution in [0.3, 0.4) is 0 Å². The average Bonchev–Trinajstić information content (AvgIpc) is 3.17. The van der Waals surface area contributed by atoms with Crippen LogP contribution < -0.4 is 5.32 Å². The van der Waals surface area contributed by atoms with Crippen molar-refractivity contribution >= 4 is 5.97 Å². The molecule has 0 bridgehead atoms. The Labute approximate surface area is 119 Å². The number of carbonyl (C=O) groups is 1. The van der Waals surface area contributed by atoms with Gasteiger partial charge in [0.25, 0.3) is 0 Å². The minimum atomic E-state index is -0.856. The zero-order valence-electron chi connectivity index (χ0n) is 11.7. The molecule has 1 aliphatic carbocycles. The van der Waals surface area contributed by atoms with Crippen molar-refractivity contribution in [1.82, 2.24) is 10.2 Å². The summed E-state index contributed by atoms with van der Waals surface area (Å²) in [5.74, 6) is -0.856. The maximum absolute atomic E-state index is 10.9. The molecule has 108 valence electrons. The van der Waals surface area contributed by atoms with E-state index in [-0.39, 0.29) is 0 Å². The Morgan fingerprint density at radius 1 is 1.25 bits per heavy atom. The lowest BCUT2D eigenvalue weighted by Gasteiger charge is -2.25. The van der Waals surface area contributed by atoms with Crippen molar-refractivity contribution in [3.05, 3.63) is 35.4 Å². The molecule has 0 amide bonds. The molecule has 3 rings (SSSR count). The molecule has 1 saturated carbocycles. The Bertz CT molecular complexity index is 462. The standard InChI is InChI=1S/C16H22N2O2/c19-16(20)13-5-3-12(4-6-13)10-18(15-7-8-15)11-14-2-1-9-17-14/h3-6,14-15,17H,1-2,7-11H2,(H,19,20). The molecule has 20 heavy (non-hydrogen) atoms. The number of nitrogens with one attached hydrogen (secondary N) is 1. The monoisotopic (exact) mass is 274 g/mol. The van der Waals surface area contributed by atoms with E-state index in [0.29, 0.717) is 11.6 Å². The Morgan fingerprint density at radius 2 is 2.00 bits per heavy atom. The minimum Gasteiger partial charge on any atom is -0.478 e. The van der Waals surface area contributed by atoms with Crippen LogP contribution in [0.1, 0.15) is 41.6 Å². The third kappa shape index (κ3) is 3.38. The number of benzene rings is 1. The molecular formula is C16H22N2O2. The van der Waals surface area contributed by atoms with E-state index in [1.807, 2.05) is 12.1 Å². The van der Waals surface area contributed by atoms with Crippen LogP contribution in [0, 0.1) is 0 Å². The summed E-state index contributed by atoms with van der Waals surface area (Å²) in [6.07, 6.45) is 5.18. The molecule has 1 aliphatic heterocycles. The fourth-order valence-electron chi connectivity index (χ4n) is 2.97. The molecule has 4 heteroatoms. The SMILES string of the molecule is O=C(O)c1ccc(CN(CC2CCCN2)C2CC2)cc1. The van der Waals surface area contributed by atoms with E-state index in [4.69, 9.17) is 5.11 Å². The van der Waals surface area contributed by atoms with Gasteiger partial charge in [0.15, 0.2) is 0 Å². The molecule has 2 fully saturated rings. The summed E-state index contributed by atoms with van der Waals surface area (Å²) in [5, 5.41) is 12.5. The van der Waals surface area contributed by atoms with Gasteiger partial charge in [0, 0.05) is 25.2 Å². The Kier molecular flexibility index (Phi) is 4.03. The first-order valence-corrected chi connectivity index (χ1v) is 7.52.